The molecule has 0 aliphatic carbocycles. The monoisotopic (exact) mass is 285 g/mol. The number of piperidine rings is 1. The molecule has 3 rings (SSSR count). The number of hydrogen-bond donors (Lipinski definition) is 2. The van der Waals surface area contributed by atoms with E-state index in [9.17, 15) is 13.9 Å². The first-order valence-corrected chi connectivity index (χ1v) is 6.67. The highest BCUT2D eigenvalue weighted by molar-refractivity contribution is 5.33. The van der Waals surface area contributed by atoms with E-state index in [0.717, 1.165) is 0 Å². The largest absolute Gasteiger partial charge is 0.435 e. The van der Waals surface area contributed by atoms with Crippen molar-refractivity contribution >= 4 is 0 Å². The van der Waals surface area contributed by atoms with Crippen molar-refractivity contribution < 1.29 is 23.4 Å². The SMILES string of the molecule is OC1(c2cccc(OC(F)F)c2)CC2COCC(C1)N2. The molecule has 2 saturated heterocycles. The normalized spacial score (nSPS) is 33.2. The van der Waals surface area contributed by atoms with Gasteiger partial charge < -0.3 is 19.9 Å². The van der Waals surface area contributed by atoms with E-state index in [4.69, 9.17) is 4.74 Å². The van der Waals surface area contributed by atoms with Crippen molar-refractivity contribution in [1.82, 2.24) is 5.32 Å². The summed E-state index contributed by atoms with van der Waals surface area (Å²) in [5, 5.41) is 14.3. The van der Waals surface area contributed by atoms with Gasteiger partial charge >= 0.3 is 6.61 Å². The summed E-state index contributed by atoms with van der Waals surface area (Å²) in [7, 11) is 0. The molecule has 0 saturated carbocycles. The van der Waals surface area contributed by atoms with E-state index >= 15 is 0 Å². The van der Waals surface area contributed by atoms with E-state index < -0.39 is 12.2 Å². The van der Waals surface area contributed by atoms with Gasteiger partial charge in [-0.05, 0) is 30.5 Å². The first-order valence-electron chi connectivity index (χ1n) is 6.67. The van der Waals surface area contributed by atoms with Gasteiger partial charge in [0, 0.05) is 12.1 Å². The summed E-state index contributed by atoms with van der Waals surface area (Å²) in [5.41, 5.74) is -0.402. The molecule has 110 valence electrons. The Balaban J connectivity index is 1.83. The molecule has 0 amide bonds. The van der Waals surface area contributed by atoms with Gasteiger partial charge in [0.2, 0.25) is 0 Å². The number of hydrogen-bond acceptors (Lipinski definition) is 4. The minimum atomic E-state index is -2.86. The van der Waals surface area contributed by atoms with Crippen LogP contribution in [0.5, 0.6) is 5.75 Å². The van der Waals surface area contributed by atoms with Gasteiger partial charge in [-0.1, -0.05) is 12.1 Å². The third kappa shape index (κ3) is 2.77. The van der Waals surface area contributed by atoms with Crippen molar-refractivity contribution in [2.24, 2.45) is 0 Å². The van der Waals surface area contributed by atoms with Crippen molar-refractivity contribution in [3.05, 3.63) is 29.8 Å². The predicted octanol–water partition coefficient (Wildman–Crippen LogP) is 1.63. The van der Waals surface area contributed by atoms with Crippen LogP contribution in [0.25, 0.3) is 0 Å². The van der Waals surface area contributed by atoms with Crippen LogP contribution in [-0.4, -0.2) is 37.0 Å². The van der Waals surface area contributed by atoms with Gasteiger partial charge in [-0.15, -0.1) is 0 Å². The molecule has 6 heteroatoms. The van der Waals surface area contributed by atoms with Crippen molar-refractivity contribution in [2.45, 2.75) is 37.1 Å². The maximum absolute atomic E-state index is 12.3. The van der Waals surface area contributed by atoms with Gasteiger partial charge in [0.25, 0.3) is 0 Å². The minimum absolute atomic E-state index is 0.0749. The van der Waals surface area contributed by atoms with Crippen molar-refractivity contribution in [2.75, 3.05) is 13.2 Å². The molecule has 2 unspecified atom stereocenters. The number of fused-ring (bicyclic) bond motifs is 2. The molecule has 2 aliphatic heterocycles. The summed E-state index contributed by atoms with van der Waals surface area (Å²) in [4.78, 5) is 0. The highest BCUT2D eigenvalue weighted by atomic mass is 19.3. The number of alkyl halides is 2. The smallest absolute Gasteiger partial charge is 0.387 e. The van der Waals surface area contributed by atoms with Crippen LogP contribution in [0.3, 0.4) is 0 Å². The third-order valence-electron chi connectivity index (χ3n) is 3.87. The zero-order valence-electron chi connectivity index (χ0n) is 10.9. The lowest BCUT2D eigenvalue weighted by atomic mass is 9.78. The van der Waals surface area contributed by atoms with Gasteiger partial charge in [-0.3, -0.25) is 0 Å². The molecule has 0 aromatic heterocycles. The maximum atomic E-state index is 12.3. The van der Waals surface area contributed by atoms with Crippen LogP contribution in [0.4, 0.5) is 8.78 Å². The highest BCUT2D eigenvalue weighted by Crippen LogP contribution is 2.37. The Bertz CT molecular complexity index is 471. The van der Waals surface area contributed by atoms with Gasteiger partial charge in [0.1, 0.15) is 5.75 Å². The van der Waals surface area contributed by atoms with Gasteiger partial charge in [0.05, 0.1) is 18.8 Å². The van der Waals surface area contributed by atoms with E-state index in [2.05, 4.69) is 10.1 Å². The number of aliphatic hydroxyl groups is 1. The predicted molar refractivity (Wildman–Crippen MR) is 67.7 cm³/mol. The van der Waals surface area contributed by atoms with E-state index in [1.54, 1.807) is 12.1 Å². The number of halogens is 2. The lowest BCUT2D eigenvalue weighted by Gasteiger charge is -2.45. The van der Waals surface area contributed by atoms with Crippen LogP contribution in [0, 0.1) is 0 Å². The van der Waals surface area contributed by atoms with Crippen molar-refractivity contribution in [1.29, 1.82) is 0 Å². The van der Waals surface area contributed by atoms with Crippen LogP contribution in [0.1, 0.15) is 18.4 Å². The Labute approximate surface area is 115 Å². The quantitative estimate of drug-likeness (QED) is 0.886. The van der Waals surface area contributed by atoms with Crippen molar-refractivity contribution in [3.63, 3.8) is 0 Å². The fourth-order valence-electron chi connectivity index (χ4n) is 3.11. The van der Waals surface area contributed by atoms with E-state index in [0.29, 0.717) is 31.6 Å². The number of nitrogens with one attached hydrogen (secondary N) is 1. The van der Waals surface area contributed by atoms with E-state index in [1.165, 1.54) is 12.1 Å². The summed E-state index contributed by atoms with van der Waals surface area (Å²) in [6.45, 7) is -1.74. The Hall–Kier alpha value is -1.24. The molecule has 1 aromatic carbocycles. The minimum Gasteiger partial charge on any atom is -0.435 e. The molecule has 2 fully saturated rings. The summed E-state index contributed by atoms with van der Waals surface area (Å²) < 4.78 is 34.4. The fourth-order valence-corrected chi connectivity index (χ4v) is 3.11. The zero-order valence-corrected chi connectivity index (χ0v) is 10.9. The average Bonchev–Trinajstić information content (AvgIpc) is 2.37. The molecule has 2 heterocycles. The molecular weight excluding hydrogens is 268 g/mol. The molecule has 0 spiro atoms. The van der Waals surface area contributed by atoms with Crippen LogP contribution in [0.2, 0.25) is 0 Å². The molecule has 20 heavy (non-hydrogen) atoms. The van der Waals surface area contributed by atoms with Crippen LogP contribution in [0.15, 0.2) is 24.3 Å². The number of ether oxygens (including phenoxy) is 2. The first kappa shape index (κ1) is 13.7. The Kier molecular flexibility index (Phi) is 3.62. The number of morpholine rings is 1. The Morgan fingerprint density at radius 2 is 2.00 bits per heavy atom. The number of benzene rings is 1. The molecule has 2 N–H and O–H groups in total. The van der Waals surface area contributed by atoms with Crippen molar-refractivity contribution in [3.8, 4) is 5.75 Å². The lowest BCUT2D eigenvalue weighted by Crippen LogP contribution is -2.58. The molecule has 0 radical (unpaired) electrons. The average molecular weight is 285 g/mol. The number of rotatable bonds is 3. The maximum Gasteiger partial charge on any atom is 0.387 e. The van der Waals surface area contributed by atoms with Crippen LogP contribution >= 0.6 is 0 Å². The second-order valence-electron chi connectivity index (χ2n) is 5.44. The second-order valence-corrected chi connectivity index (χ2v) is 5.44. The Morgan fingerprint density at radius 1 is 1.30 bits per heavy atom. The van der Waals surface area contributed by atoms with Gasteiger partial charge in [-0.25, -0.2) is 0 Å². The summed E-state index contributed by atoms with van der Waals surface area (Å²) in [5.74, 6) is 0.0749. The molecule has 2 atom stereocenters. The van der Waals surface area contributed by atoms with Crippen LogP contribution in [-0.2, 0) is 10.3 Å². The lowest BCUT2D eigenvalue weighted by molar-refractivity contribution is -0.0809. The fraction of sp³-hybridized carbons (Fsp3) is 0.571. The highest BCUT2D eigenvalue weighted by Gasteiger charge is 2.42. The standard InChI is InChI=1S/C14H17F2NO3/c15-13(16)20-12-3-1-2-9(4-12)14(18)5-10-7-19-8-11(6-14)17-10/h1-4,10-11,13,17-18H,5-8H2. The molecule has 1 aromatic rings. The third-order valence-corrected chi connectivity index (χ3v) is 3.87. The molecule has 4 nitrogen and oxygen atoms in total. The molecule has 2 bridgehead atoms. The van der Waals surface area contributed by atoms with Gasteiger partial charge in [0.15, 0.2) is 0 Å². The zero-order chi connectivity index (χ0) is 14.2. The molecular formula is C14H17F2NO3. The topological polar surface area (TPSA) is 50.7 Å². The van der Waals surface area contributed by atoms with Crippen LogP contribution < -0.4 is 10.1 Å². The molecule has 2 aliphatic rings. The van der Waals surface area contributed by atoms with E-state index in [-0.39, 0.29) is 17.8 Å². The summed E-state index contributed by atoms with van der Waals surface area (Å²) in [6.07, 6.45) is 1.00. The summed E-state index contributed by atoms with van der Waals surface area (Å²) in [6, 6.07) is 6.51. The van der Waals surface area contributed by atoms with Gasteiger partial charge in [-0.2, -0.15) is 8.78 Å². The summed E-state index contributed by atoms with van der Waals surface area (Å²) >= 11 is 0. The second kappa shape index (κ2) is 5.27. The Morgan fingerprint density at radius 3 is 2.65 bits per heavy atom. The first-order chi connectivity index (χ1) is 9.55. The van der Waals surface area contributed by atoms with E-state index in [1.807, 2.05) is 0 Å².